The third kappa shape index (κ3) is 9.27. The first-order valence-corrected chi connectivity index (χ1v) is 11.5. The predicted molar refractivity (Wildman–Crippen MR) is 109 cm³/mol. The van der Waals surface area contributed by atoms with Crippen molar-refractivity contribution in [2.75, 3.05) is 17.6 Å². The Balaban J connectivity index is 1.71. The lowest BCUT2D eigenvalue weighted by Crippen LogP contribution is -2.41. The number of anilines is 1. The summed E-state index contributed by atoms with van der Waals surface area (Å²) in [7, 11) is -3.44. The van der Waals surface area contributed by atoms with Gasteiger partial charge in [-0.05, 0) is 33.6 Å². The molecule has 0 spiro atoms. The highest BCUT2D eigenvalue weighted by molar-refractivity contribution is 7.89. The summed E-state index contributed by atoms with van der Waals surface area (Å²) in [6.45, 7) is 5.22. The Bertz CT molecular complexity index is 794. The van der Waals surface area contributed by atoms with Crippen molar-refractivity contribution < 1.29 is 22.7 Å². The van der Waals surface area contributed by atoms with Crippen LogP contribution in [0.2, 0.25) is 0 Å². The highest BCUT2D eigenvalue weighted by atomic mass is 32.2. The van der Waals surface area contributed by atoms with Crippen molar-refractivity contribution in [3.05, 3.63) is 12.3 Å². The quantitative estimate of drug-likeness (QED) is 0.538. The molecule has 10 nitrogen and oxygen atoms in total. The Morgan fingerprint density at radius 1 is 1.24 bits per heavy atom. The number of rotatable bonds is 8. The molecule has 0 aliphatic heterocycles. The molecular weight excluding hydrogens is 398 g/mol. The van der Waals surface area contributed by atoms with Gasteiger partial charge in [0.1, 0.15) is 12.1 Å². The van der Waals surface area contributed by atoms with Gasteiger partial charge in [-0.2, -0.15) is 5.10 Å². The molecule has 0 aromatic carbocycles. The molecule has 0 atom stereocenters. The van der Waals surface area contributed by atoms with Gasteiger partial charge in [0, 0.05) is 24.8 Å². The highest BCUT2D eigenvalue weighted by Crippen LogP contribution is 2.18. The first-order valence-electron chi connectivity index (χ1n) is 9.82. The lowest BCUT2D eigenvalue weighted by Gasteiger charge is -2.22. The monoisotopic (exact) mass is 429 g/mol. The average molecular weight is 430 g/mol. The fraction of sp³-hybridized carbons (Fsp3) is 0.722. The molecule has 0 radical (unpaired) electrons. The van der Waals surface area contributed by atoms with Gasteiger partial charge in [-0.15, -0.1) is 0 Å². The van der Waals surface area contributed by atoms with Crippen molar-refractivity contribution in [3.63, 3.8) is 0 Å². The Hall–Kier alpha value is -2.14. The number of carbonyl (C=O) groups excluding carboxylic acids is 2. The van der Waals surface area contributed by atoms with Crippen LogP contribution in [-0.4, -0.2) is 54.1 Å². The minimum absolute atomic E-state index is 0.00323. The van der Waals surface area contributed by atoms with Gasteiger partial charge >= 0.3 is 12.0 Å². The molecule has 0 saturated heterocycles. The second-order valence-corrected chi connectivity index (χ2v) is 10.0. The van der Waals surface area contributed by atoms with Crippen molar-refractivity contribution in [1.82, 2.24) is 19.8 Å². The largest absolute Gasteiger partial charge is 0.459 e. The maximum Gasteiger partial charge on any atom is 0.328 e. The molecule has 0 bridgehead atoms. The molecular formula is C18H31N5O5S. The number of nitrogens with zero attached hydrogens (tertiary/aromatic N) is 2. The number of nitrogens with one attached hydrogen (secondary N) is 3. The maximum absolute atomic E-state index is 12.1. The Morgan fingerprint density at radius 3 is 2.59 bits per heavy atom. The second kappa shape index (κ2) is 10.1. The summed E-state index contributed by atoms with van der Waals surface area (Å²) in [5.41, 5.74) is -0.586. The van der Waals surface area contributed by atoms with Gasteiger partial charge in [-0.1, -0.05) is 19.3 Å². The minimum Gasteiger partial charge on any atom is -0.459 e. The number of sulfonamides is 1. The van der Waals surface area contributed by atoms with Crippen LogP contribution in [-0.2, 0) is 26.1 Å². The standard InChI is InChI=1S/C18H31N5O5S/c1-18(2,3)28-16(24)13-23-11-9-15(21-23)20-17(25)19-10-12-29(26,27)22-14-7-5-4-6-8-14/h9,11,14,22H,4-8,10,12-13H2,1-3H3,(H2,19,20,21,25). The van der Waals surface area contributed by atoms with Crippen LogP contribution in [0.15, 0.2) is 12.3 Å². The van der Waals surface area contributed by atoms with Gasteiger partial charge in [-0.3, -0.25) is 14.8 Å². The number of amides is 2. The molecule has 1 heterocycles. The van der Waals surface area contributed by atoms with E-state index in [4.69, 9.17) is 4.74 Å². The van der Waals surface area contributed by atoms with Crippen molar-refractivity contribution in [2.24, 2.45) is 0 Å². The minimum atomic E-state index is -3.44. The Morgan fingerprint density at radius 2 is 1.93 bits per heavy atom. The van der Waals surface area contributed by atoms with Crippen LogP contribution >= 0.6 is 0 Å². The van der Waals surface area contributed by atoms with E-state index < -0.39 is 27.6 Å². The molecule has 164 valence electrons. The third-order valence-corrected chi connectivity index (χ3v) is 5.64. The maximum atomic E-state index is 12.1. The summed E-state index contributed by atoms with van der Waals surface area (Å²) < 4.78 is 33.5. The molecule has 2 rings (SSSR count). The number of hydrogen-bond acceptors (Lipinski definition) is 6. The normalized spacial score (nSPS) is 15.7. The van der Waals surface area contributed by atoms with E-state index in [0.717, 1.165) is 32.1 Å². The lowest BCUT2D eigenvalue weighted by molar-refractivity contribution is -0.155. The summed E-state index contributed by atoms with van der Waals surface area (Å²) >= 11 is 0. The molecule has 1 aliphatic carbocycles. The fourth-order valence-electron chi connectivity index (χ4n) is 3.02. The van der Waals surface area contributed by atoms with E-state index in [1.54, 1.807) is 20.8 Å². The summed E-state index contributed by atoms with van der Waals surface area (Å²) in [4.78, 5) is 23.7. The van der Waals surface area contributed by atoms with E-state index in [1.807, 2.05) is 0 Å². The molecule has 11 heteroatoms. The smallest absolute Gasteiger partial charge is 0.328 e. The molecule has 1 aromatic rings. The zero-order valence-corrected chi connectivity index (χ0v) is 18.0. The van der Waals surface area contributed by atoms with E-state index in [9.17, 15) is 18.0 Å². The van der Waals surface area contributed by atoms with Crippen molar-refractivity contribution >= 4 is 27.8 Å². The number of carbonyl (C=O) groups is 2. The van der Waals surface area contributed by atoms with Crippen LogP contribution in [0.4, 0.5) is 10.6 Å². The number of hydrogen-bond donors (Lipinski definition) is 3. The van der Waals surface area contributed by atoms with E-state index in [0.29, 0.717) is 0 Å². The summed E-state index contributed by atoms with van der Waals surface area (Å²) in [6.07, 6.45) is 6.48. The van der Waals surface area contributed by atoms with E-state index in [-0.39, 0.29) is 30.7 Å². The molecule has 1 aliphatic rings. The molecule has 1 aromatic heterocycles. The first-order chi connectivity index (χ1) is 13.5. The summed E-state index contributed by atoms with van der Waals surface area (Å²) in [5.74, 6) is -0.384. The SMILES string of the molecule is CC(C)(C)OC(=O)Cn1ccc(NC(=O)NCCS(=O)(=O)NC2CCCCC2)n1. The molecule has 29 heavy (non-hydrogen) atoms. The van der Waals surface area contributed by atoms with Gasteiger partial charge in [0.25, 0.3) is 0 Å². The number of esters is 1. The molecule has 1 saturated carbocycles. The van der Waals surface area contributed by atoms with E-state index in [1.165, 1.54) is 16.9 Å². The molecule has 1 fully saturated rings. The zero-order valence-electron chi connectivity index (χ0n) is 17.2. The van der Waals surface area contributed by atoms with Crippen LogP contribution in [0.5, 0.6) is 0 Å². The molecule has 3 N–H and O–H groups in total. The third-order valence-electron chi connectivity index (χ3n) is 4.20. The van der Waals surface area contributed by atoms with Gasteiger partial charge in [-0.25, -0.2) is 17.9 Å². The lowest BCUT2D eigenvalue weighted by atomic mass is 9.96. The summed E-state index contributed by atoms with van der Waals surface area (Å²) in [6, 6.07) is 0.961. The number of urea groups is 1. The van der Waals surface area contributed by atoms with Gasteiger partial charge in [0.05, 0.1) is 5.75 Å². The molecule has 2 amide bonds. The van der Waals surface area contributed by atoms with Gasteiger partial charge in [0.15, 0.2) is 5.82 Å². The summed E-state index contributed by atoms with van der Waals surface area (Å²) in [5, 5.41) is 9.07. The second-order valence-electron chi connectivity index (χ2n) is 8.14. The average Bonchev–Trinajstić information content (AvgIpc) is 2.99. The van der Waals surface area contributed by atoms with Crippen LogP contribution in [0.3, 0.4) is 0 Å². The zero-order chi connectivity index (χ0) is 21.5. The van der Waals surface area contributed by atoms with Gasteiger partial charge < -0.3 is 10.1 Å². The van der Waals surface area contributed by atoms with E-state index in [2.05, 4.69) is 20.5 Å². The van der Waals surface area contributed by atoms with Crippen molar-refractivity contribution in [2.45, 2.75) is 71.1 Å². The van der Waals surface area contributed by atoms with Crippen LogP contribution in [0, 0.1) is 0 Å². The number of ether oxygens (including phenoxy) is 1. The predicted octanol–water partition coefficient (Wildman–Crippen LogP) is 1.60. The Labute approximate surface area is 171 Å². The Kier molecular flexibility index (Phi) is 8.03. The van der Waals surface area contributed by atoms with Crippen molar-refractivity contribution in [1.29, 1.82) is 0 Å². The van der Waals surface area contributed by atoms with Crippen LogP contribution in [0.1, 0.15) is 52.9 Å². The van der Waals surface area contributed by atoms with Crippen molar-refractivity contribution in [3.8, 4) is 0 Å². The first kappa shape index (κ1) is 23.1. The topological polar surface area (TPSA) is 131 Å². The molecule has 0 unspecified atom stereocenters. The van der Waals surface area contributed by atoms with Crippen LogP contribution < -0.4 is 15.4 Å². The highest BCUT2D eigenvalue weighted by Gasteiger charge is 2.20. The van der Waals surface area contributed by atoms with Crippen LogP contribution in [0.25, 0.3) is 0 Å². The fourth-order valence-corrected chi connectivity index (χ4v) is 4.25. The number of aromatic nitrogens is 2. The van der Waals surface area contributed by atoms with E-state index >= 15 is 0 Å². The van der Waals surface area contributed by atoms with Gasteiger partial charge in [0.2, 0.25) is 10.0 Å².